The number of nitrogens with one attached hydrogen (secondary N) is 2. The highest BCUT2D eigenvalue weighted by Crippen LogP contribution is 2.24. The zero-order chi connectivity index (χ0) is 12.8. The summed E-state index contributed by atoms with van der Waals surface area (Å²) in [5, 5.41) is 6.49. The Morgan fingerprint density at radius 2 is 2.16 bits per heavy atom. The molecule has 19 heavy (non-hydrogen) atoms. The summed E-state index contributed by atoms with van der Waals surface area (Å²) in [4.78, 5) is 4.36. The molecule has 0 spiro atoms. The SMILES string of the molecule is COc1ccc(CNC2=NCCCN2)c(OC)c1.I. The molecular formula is C13H20IN3O2. The molecular weight excluding hydrogens is 357 g/mol. The maximum atomic E-state index is 5.35. The fourth-order valence-electron chi connectivity index (χ4n) is 1.83. The van der Waals surface area contributed by atoms with Crippen LogP contribution in [0.4, 0.5) is 0 Å². The van der Waals surface area contributed by atoms with E-state index in [2.05, 4.69) is 15.6 Å². The van der Waals surface area contributed by atoms with E-state index >= 15 is 0 Å². The number of aliphatic imine (C=N–C) groups is 1. The smallest absolute Gasteiger partial charge is 0.191 e. The van der Waals surface area contributed by atoms with Gasteiger partial charge in [-0.3, -0.25) is 4.99 Å². The number of nitrogens with zero attached hydrogens (tertiary/aromatic N) is 1. The van der Waals surface area contributed by atoms with Crippen LogP contribution in [0.3, 0.4) is 0 Å². The molecule has 0 saturated heterocycles. The van der Waals surface area contributed by atoms with Crippen molar-refractivity contribution in [1.82, 2.24) is 10.6 Å². The summed E-state index contributed by atoms with van der Waals surface area (Å²) in [5.74, 6) is 2.47. The lowest BCUT2D eigenvalue weighted by Gasteiger charge is -2.17. The first-order valence-corrected chi connectivity index (χ1v) is 6.06. The van der Waals surface area contributed by atoms with E-state index in [9.17, 15) is 0 Å². The highest BCUT2D eigenvalue weighted by molar-refractivity contribution is 14.0. The molecule has 1 aromatic carbocycles. The third-order valence-electron chi connectivity index (χ3n) is 2.84. The van der Waals surface area contributed by atoms with Crippen LogP contribution < -0.4 is 20.1 Å². The number of halogens is 1. The van der Waals surface area contributed by atoms with E-state index in [0.717, 1.165) is 42.5 Å². The Morgan fingerprint density at radius 3 is 2.79 bits per heavy atom. The lowest BCUT2D eigenvalue weighted by molar-refractivity contribution is 0.390. The first-order chi connectivity index (χ1) is 8.83. The topological polar surface area (TPSA) is 54.9 Å². The van der Waals surface area contributed by atoms with Gasteiger partial charge in [-0.25, -0.2) is 0 Å². The van der Waals surface area contributed by atoms with Crippen molar-refractivity contribution in [2.75, 3.05) is 27.3 Å². The Balaban J connectivity index is 0.00000180. The van der Waals surface area contributed by atoms with E-state index in [1.165, 1.54) is 0 Å². The summed E-state index contributed by atoms with van der Waals surface area (Å²) < 4.78 is 10.5. The summed E-state index contributed by atoms with van der Waals surface area (Å²) in [6.45, 7) is 2.54. The van der Waals surface area contributed by atoms with Crippen LogP contribution >= 0.6 is 24.0 Å². The van der Waals surface area contributed by atoms with E-state index in [1.807, 2.05) is 18.2 Å². The predicted octanol–water partition coefficient (Wildman–Crippen LogP) is 1.76. The fraction of sp³-hybridized carbons (Fsp3) is 0.462. The van der Waals surface area contributed by atoms with Crippen LogP contribution in [-0.2, 0) is 6.54 Å². The first-order valence-electron chi connectivity index (χ1n) is 6.06. The normalized spacial score (nSPS) is 13.7. The average Bonchev–Trinajstić information content (AvgIpc) is 2.46. The molecule has 1 heterocycles. The Kier molecular flexibility index (Phi) is 6.75. The maximum absolute atomic E-state index is 5.35. The third kappa shape index (κ3) is 4.45. The van der Waals surface area contributed by atoms with Crippen LogP contribution in [0.5, 0.6) is 11.5 Å². The molecule has 2 N–H and O–H groups in total. The van der Waals surface area contributed by atoms with Crippen LogP contribution in [-0.4, -0.2) is 33.3 Å². The van der Waals surface area contributed by atoms with Gasteiger partial charge in [-0.05, 0) is 18.6 Å². The molecule has 1 aliphatic rings. The van der Waals surface area contributed by atoms with Crippen LogP contribution in [0.1, 0.15) is 12.0 Å². The average molecular weight is 377 g/mol. The summed E-state index contributed by atoms with van der Waals surface area (Å²) in [6.07, 6.45) is 1.09. The molecule has 106 valence electrons. The van der Waals surface area contributed by atoms with Gasteiger partial charge in [-0.1, -0.05) is 0 Å². The highest BCUT2D eigenvalue weighted by atomic mass is 127. The zero-order valence-corrected chi connectivity index (χ0v) is 13.6. The zero-order valence-electron chi connectivity index (χ0n) is 11.2. The Morgan fingerprint density at radius 1 is 1.32 bits per heavy atom. The van der Waals surface area contributed by atoms with Gasteiger partial charge < -0.3 is 20.1 Å². The van der Waals surface area contributed by atoms with Crippen molar-refractivity contribution < 1.29 is 9.47 Å². The number of hydrogen-bond acceptors (Lipinski definition) is 5. The number of rotatable bonds is 4. The Hall–Kier alpha value is -1.18. The van der Waals surface area contributed by atoms with Crippen LogP contribution in [0, 0.1) is 0 Å². The highest BCUT2D eigenvalue weighted by Gasteiger charge is 2.07. The van der Waals surface area contributed by atoms with E-state index in [0.29, 0.717) is 6.54 Å². The quantitative estimate of drug-likeness (QED) is 0.786. The van der Waals surface area contributed by atoms with Gasteiger partial charge in [0.15, 0.2) is 5.96 Å². The molecule has 1 aliphatic heterocycles. The number of hydrogen-bond donors (Lipinski definition) is 2. The van der Waals surface area contributed by atoms with Crippen molar-refractivity contribution in [3.05, 3.63) is 23.8 Å². The summed E-state index contributed by atoms with van der Waals surface area (Å²) in [6, 6.07) is 5.80. The predicted molar refractivity (Wildman–Crippen MR) is 86.7 cm³/mol. The van der Waals surface area contributed by atoms with Crippen LogP contribution in [0.15, 0.2) is 23.2 Å². The summed E-state index contributed by atoms with van der Waals surface area (Å²) in [5.41, 5.74) is 1.08. The molecule has 5 nitrogen and oxygen atoms in total. The van der Waals surface area contributed by atoms with Crippen molar-refractivity contribution in [2.24, 2.45) is 4.99 Å². The number of guanidine groups is 1. The molecule has 0 aromatic heterocycles. The molecule has 6 heteroatoms. The molecule has 0 aliphatic carbocycles. The monoisotopic (exact) mass is 377 g/mol. The molecule has 0 atom stereocenters. The number of benzene rings is 1. The second-order valence-electron chi connectivity index (χ2n) is 4.04. The molecule has 0 fully saturated rings. The van der Waals surface area contributed by atoms with Crippen LogP contribution in [0.2, 0.25) is 0 Å². The number of ether oxygens (including phenoxy) is 2. The Bertz CT molecular complexity index is 438. The second kappa shape index (κ2) is 8.08. The lowest BCUT2D eigenvalue weighted by atomic mass is 10.2. The molecule has 0 saturated carbocycles. The minimum atomic E-state index is 0. The maximum Gasteiger partial charge on any atom is 0.191 e. The van der Waals surface area contributed by atoms with Crippen molar-refractivity contribution in [3.63, 3.8) is 0 Å². The van der Waals surface area contributed by atoms with Gasteiger partial charge in [-0.15, -0.1) is 24.0 Å². The molecule has 1 aromatic rings. The van der Waals surface area contributed by atoms with Gasteiger partial charge in [0.2, 0.25) is 0 Å². The van der Waals surface area contributed by atoms with Crippen molar-refractivity contribution >= 4 is 29.9 Å². The standard InChI is InChI=1S/C13H19N3O2.HI/c1-17-11-5-4-10(12(8-11)18-2)9-16-13-14-6-3-7-15-13;/h4-5,8H,3,6-7,9H2,1-2H3,(H2,14,15,16);1H. The summed E-state index contributed by atoms with van der Waals surface area (Å²) in [7, 11) is 3.31. The molecule has 2 rings (SSSR count). The van der Waals surface area contributed by atoms with Crippen molar-refractivity contribution in [2.45, 2.75) is 13.0 Å². The van der Waals surface area contributed by atoms with Crippen LogP contribution in [0.25, 0.3) is 0 Å². The van der Waals surface area contributed by atoms with Gasteiger partial charge in [0.25, 0.3) is 0 Å². The molecule has 0 bridgehead atoms. The summed E-state index contributed by atoms with van der Waals surface area (Å²) >= 11 is 0. The Labute approximate surface area is 130 Å². The minimum Gasteiger partial charge on any atom is -0.497 e. The second-order valence-corrected chi connectivity index (χ2v) is 4.04. The molecule has 0 radical (unpaired) electrons. The van der Waals surface area contributed by atoms with Gasteiger partial charge in [0.1, 0.15) is 11.5 Å². The fourth-order valence-corrected chi connectivity index (χ4v) is 1.83. The minimum absolute atomic E-state index is 0. The lowest BCUT2D eigenvalue weighted by Crippen LogP contribution is -2.40. The largest absolute Gasteiger partial charge is 0.497 e. The van der Waals surface area contributed by atoms with Gasteiger partial charge in [0.05, 0.1) is 14.2 Å². The van der Waals surface area contributed by atoms with E-state index in [1.54, 1.807) is 14.2 Å². The van der Waals surface area contributed by atoms with E-state index < -0.39 is 0 Å². The van der Waals surface area contributed by atoms with Gasteiger partial charge >= 0.3 is 0 Å². The van der Waals surface area contributed by atoms with E-state index in [4.69, 9.17) is 9.47 Å². The number of methoxy groups -OCH3 is 2. The molecule has 0 unspecified atom stereocenters. The van der Waals surface area contributed by atoms with Crippen molar-refractivity contribution in [3.8, 4) is 11.5 Å². The van der Waals surface area contributed by atoms with Crippen molar-refractivity contribution in [1.29, 1.82) is 0 Å². The first kappa shape index (κ1) is 15.9. The molecule has 0 amide bonds. The van der Waals surface area contributed by atoms with Gasteiger partial charge in [-0.2, -0.15) is 0 Å². The van der Waals surface area contributed by atoms with Gasteiger partial charge in [0, 0.05) is 31.3 Å². The van der Waals surface area contributed by atoms with E-state index in [-0.39, 0.29) is 24.0 Å². The third-order valence-corrected chi connectivity index (χ3v) is 2.84.